The Hall–Kier alpha value is -2.87. The summed E-state index contributed by atoms with van der Waals surface area (Å²) >= 11 is 0. The molecule has 0 aliphatic carbocycles. The summed E-state index contributed by atoms with van der Waals surface area (Å²) in [5.41, 5.74) is 1.63. The predicted molar refractivity (Wildman–Crippen MR) is 116 cm³/mol. The van der Waals surface area contributed by atoms with Crippen LogP contribution in [0.4, 0.5) is 5.69 Å². The van der Waals surface area contributed by atoms with E-state index in [0.29, 0.717) is 29.0 Å². The van der Waals surface area contributed by atoms with E-state index in [1.54, 1.807) is 13.0 Å². The molecule has 0 atom stereocenters. The standard InChI is InChI=1S/C22H28N2O5S/c1-5-6-13-29-22(26)17-8-10-18(11-9-17)24-30(27,28)19-12-7-16(4)20(14-19)21(25)23-15(2)3/h7-12,14-15,24H,5-6,13H2,1-4H3,(H,23,25). The largest absolute Gasteiger partial charge is 0.462 e. The highest BCUT2D eigenvalue weighted by Gasteiger charge is 2.19. The molecule has 30 heavy (non-hydrogen) atoms. The molecule has 162 valence electrons. The minimum absolute atomic E-state index is 0.0231. The first kappa shape index (κ1) is 23.4. The molecular formula is C22H28N2O5S. The summed E-state index contributed by atoms with van der Waals surface area (Å²) in [6.07, 6.45) is 1.71. The molecule has 0 fully saturated rings. The molecule has 2 rings (SSSR count). The van der Waals surface area contributed by atoms with E-state index < -0.39 is 16.0 Å². The van der Waals surface area contributed by atoms with E-state index in [1.807, 2.05) is 20.8 Å². The van der Waals surface area contributed by atoms with E-state index in [9.17, 15) is 18.0 Å². The van der Waals surface area contributed by atoms with E-state index in [0.717, 1.165) is 12.8 Å². The zero-order chi connectivity index (χ0) is 22.3. The van der Waals surface area contributed by atoms with Crippen LogP contribution in [0.25, 0.3) is 0 Å². The van der Waals surface area contributed by atoms with Crippen molar-refractivity contribution in [2.75, 3.05) is 11.3 Å². The number of ether oxygens (including phenoxy) is 1. The number of unbranched alkanes of at least 4 members (excludes halogenated alkanes) is 1. The number of hydrogen-bond acceptors (Lipinski definition) is 5. The second-order valence-electron chi connectivity index (χ2n) is 7.28. The Morgan fingerprint density at radius 1 is 1.07 bits per heavy atom. The lowest BCUT2D eigenvalue weighted by Crippen LogP contribution is -2.30. The van der Waals surface area contributed by atoms with Gasteiger partial charge in [0, 0.05) is 17.3 Å². The van der Waals surface area contributed by atoms with Crippen molar-refractivity contribution in [1.82, 2.24) is 5.32 Å². The summed E-state index contributed by atoms with van der Waals surface area (Å²) in [5.74, 6) is -0.775. The number of aryl methyl sites for hydroxylation is 1. The van der Waals surface area contributed by atoms with Crippen LogP contribution < -0.4 is 10.0 Å². The van der Waals surface area contributed by atoms with E-state index in [1.165, 1.54) is 36.4 Å². The molecule has 1 amide bonds. The first-order valence-electron chi connectivity index (χ1n) is 9.85. The third-order valence-electron chi connectivity index (χ3n) is 4.29. The SMILES string of the molecule is CCCCOC(=O)c1ccc(NS(=O)(=O)c2ccc(C)c(C(=O)NC(C)C)c2)cc1. The van der Waals surface area contributed by atoms with Gasteiger partial charge in [-0.3, -0.25) is 9.52 Å². The van der Waals surface area contributed by atoms with Gasteiger partial charge in [0.15, 0.2) is 0 Å². The summed E-state index contributed by atoms with van der Waals surface area (Å²) in [5, 5.41) is 2.77. The fourth-order valence-corrected chi connectivity index (χ4v) is 3.72. The lowest BCUT2D eigenvalue weighted by Gasteiger charge is -2.13. The molecule has 7 nitrogen and oxygen atoms in total. The van der Waals surface area contributed by atoms with Crippen molar-refractivity contribution in [1.29, 1.82) is 0 Å². The normalized spacial score (nSPS) is 11.2. The Balaban J connectivity index is 2.17. The van der Waals surface area contributed by atoms with Crippen LogP contribution in [0.1, 0.15) is 59.9 Å². The zero-order valence-corrected chi connectivity index (χ0v) is 18.5. The highest BCUT2D eigenvalue weighted by molar-refractivity contribution is 7.92. The molecule has 0 spiro atoms. The van der Waals surface area contributed by atoms with Crippen molar-refractivity contribution < 1.29 is 22.7 Å². The Morgan fingerprint density at radius 3 is 2.33 bits per heavy atom. The van der Waals surface area contributed by atoms with Gasteiger partial charge in [-0.25, -0.2) is 13.2 Å². The molecule has 0 bridgehead atoms. The molecule has 2 aromatic rings. The number of amides is 1. The lowest BCUT2D eigenvalue weighted by molar-refractivity contribution is 0.0499. The topological polar surface area (TPSA) is 102 Å². The Kier molecular flexibility index (Phi) is 8.00. The first-order valence-corrected chi connectivity index (χ1v) is 11.3. The molecule has 8 heteroatoms. The fraction of sp³-hybridized carbons (Fsp3) is 0.364. The summed E-state index contributed by atoms with van der Waals surface area (Å²) < 4.78 is 33.1. The minimum Gasteiger partial charge on any atom is -0.462 e. The number of hydrogen-bond donors (Lipinski definition) is 2. The average molecular weight is 433 g/mol. The van der Waals surface area contributed by atoms with Crippen molar-refractivity contribution in [3.63, 3.8) is 0 Å². The van der Waals surface area contributed by atoms with E-state index in [4.69, 9.17) is 4.74 Å². The minimum atomic E-state index is -3.91. The van der Waals surface area contributed by atoms with Crippen molar-refractivity contribution in [3.05, 3.63) is 59.2 Å². The lowest BCUT2D eigenvalue weighted by atomic mass is 10.1. The van der Waals surface area contributed by atoms with E-state index in [-0.39, 0.29) is 16.8 Å². The second kappa shape index (κ2) is 10.2. The van der Waals surface area contributed by atoms with Crippen LogP contribution >= 0.6 is 0 Å². The molecule has 2 aromatic carbocycles. The molecule has 2 N–H and O–H groups in total. The highest BCUT2D eigenvalue weighted by Crippen LogP contribution is 2.20. The Bertz CT molecular complexity index is 999. The third kappa shape index (κ3) is 6.32. The molecule has 0 unspecified atom stereocenters. The average Bonchev–Trinajstić information content (AvgIpc) is 2.68. The van der Waals surface area contributed by atoms with Crippen molar-refractivity contribution >= 4 is 27.6 Å². The van der Waals surface area contributed by atoms with Crippen LogP contribution in [0.5, 0.6) is 0 Å². The number of nitrogens with one attached hydrogen (secondary N) is 2. The number of sulfonamides is 1. The van der Waals surface area contributed by atoms with Crippen molar-refractivity contribution in [2.24, 2.45) is 0 Å². The number of carbonyl (C=O) groups excluding carboxylic acids is 2. The summed E-state index contributed by atoms with van der Waals surface area (Å²) in [6.45, 7) is 7.76. The van der Waals surface area contributed by atoms with Gasteiger partial charge in [-0.05, 0) is 69.2 Å². The van der Waals surface area contributed by atoms with Gasteiger partial charge < -0.3 is 10.1 Å². The highest BCUT2D eigenvalue weighted by atomic mass is 32.2. The maximum atomic E-state index is 12.8. The monoisotopic (exact) mass is 432 g/mol. The van der Waals surface area contributed by atoms with Gasteiger partial charge in [0.2, 0.25) is 0 Å². The molecule has 0 aromatic heterocycles. The van der Waals surface area contributed by atoms with Gasteiger partial charge in [0.05, 0.1) is 17.1 Å². The number of anilines is 1. The smallest absolute Gasteiger partial charge is 0.338 e. The molecular weight excluding hydrogens is 404 g/mol. The summed E-state index contributed by atoms with van der Waals surface area (Å²) in [7, 11) is -3.91. The van der Waals surface area contributed by atoms with Crippen LogP contribution in [0.2, 0.25) is 0 Å². The number of carbonyl (C=O) groups is 2. The number of benzene rings is 2. The van der Waals surface area contributed by atoms with Crippen LogP contribution in [0, 0.1) is 6.92 Å². The maximum absolute atomic E-state index is 12.8. The predicted octanol–water partition coefficient (Wildman–Crippen LogP) is 3.89. The van der Waals surface area contributed by atoms with Crippen molar-refractivity contribution in [3.8, 4) is 0 Å². The van der Waals surface area contributed by atoms with E-state index in [2.05, 4.69) is 10.0 Å². The molecule has 0 aliphatic heterocycles. The fourth-order valence-electron chi connectivity index (χ4n) is 2.63. The molecule has 0 heterocycles. The molecule has 0 radical (unpaired) electrons. The quantitative estimate of drug-likeness (QED) is 0.462. The second-order valence-corrected chi connectivity index (χ2v) is 8.96. The van der Waals surface area contributed by atoms with Gasteiger partial charge in [-0.1, -0.05) is 19.4 Å². The maximum Gasteiger partial charge on any atom is 0.338 e. The van der Waals surface area contributed by atoms with Crippen molar-refractivity contribution in [2.45, 2.75) is 51.5 Å². The Morgan fingerprint density at radius 2 is 1.73 bits per heavy atom. The zero-order valence-electron chi connectivity index (χ0n) is 17.7. The van der Waals surface area contributed by atoms with Gasteiger partial charge >= 0.3 is 5.97 Å². The van der Waals surface area contributed by atoms with Gasteiger partial charge in [0.25, 0.3) is 15.9 Å². The van der Waals surface area contributed by atoms with E-state index >= 15 is 0 Å². The summed E-state index contributed by atoms with van der Waals surface area (Å²) in [6, 6.07) is 10.3. The molecule has 0 aliphatic rings. The van der Waals surface area contributed by atoms with Gasteiger partial charge in [0.1, 0.15) is 0 Å². The van der Waals surface area contributed by atoms with Crippen LogP contribution in [-0.2, 0) is 14.8 Å². The number of esters is 1. The Labute approximate surface area is 177 Å². The van der Waals surface area contributed by atoms with Gasteiger partial charge in [-0.2, -0.15) is 0 Å². The molecule has 0 saturated heterocycles. The third-order valence-corrected chi connectivity index (χ3v) is 5.67. The first-order chi connectivity index (χ1) is 14.1. The summed E-state index contributed by atoms with van der Waals surface area (Å²) in [4.78, 5) is 24.3. The van der Waals surface area contributed by atoms with Crippen LogP contribution in [-0.4, -0.2) is 32.9 Å². The van der Waals surface area contributed by atoms with Crippen LogP contribution in [0.15, 0.2) is 47.4 Å². The van der Waals surface area contributed by atoms with Crippen LogP contribution in [0.3, 0.4) is 0 Å². The number of rotatable bonds is 9. The molecule has 0 saturated carbocycles. The van der Waals surface area contributed by atoms with Gasteiger partial charge in [-0.15, -0.1) is 0 Å².